The number of fused-ring (bicyclic) bond motifs is 1. The van der Waals surface area contributed by atoms with Crippen LogP contribution in [0, 0.1) is 5.41 Å². The quantitative estimate of drug-likeness (QED) is 0.473. The van der Waals surface area contributed by atoms with Crippen molar-refractivity contribution in [2.24, 2.45) is 12.5 Å². The number of amides is 3. The number of imide groups is 1. The zero-order chi connectivity index (χ0) is 29.6. The maximum Gasteiger partial charge on any atom is 0.407 e. The molecule has 41 heavy (non-hydrogen) atoms. The molecular formula is C30H37N5O6. The van der Waals surface area contributed by atoms with Gasteiger partial charge in [0.1, 0.15) is 11.8 Å². The van der Waals surface area contributed by atoms with Crippen LogP contribution in [0.4, 0.5) is 10.5 Å². The topological polar surface area (TPSA) is 117 Å². The Hall–Kier alpha value is -4.28. The van der Waals surface area contributed by atoms with Crippen LogP contribution < -0.4 is 15.3 Å². The number of carboxylic acid groups (broad SMARTS) is 1. The lowest BCUT2D eigenvalue weighted by Gasteiger charge is -2.47. The number of rotatable bonds is 5. The van der Waals surface area contributed by atoms with Crippen LogP contribution in [-0.2, 0) is 23.2 Å². The van der Waals surface area contributed by atoms with E-state index in [0.29, 0.717) is 36.4 Å². The van der Waals surface area contributed by atoms with E-state index in [0.717, 1.165) is 11.3 Å². The number of para-hydroxylation sites is 1. The number of hydrogen-bond acceptors (Lipinski definition) is 6. The molecule has 0 aliphatic carbocycles. The van der Waals surface area contributed by atoms with Crippen molar-refractivity contribution in [3.8, 4) is 5.75 Å². The Morgan fingerprint density at radius 3 is 2.39 bits per heavy atom. The zero-order valence-corrected chi connectivity index (χ0v) is 24.2. The summed E-state index contributed by atoms with van der Waals surface area (Å²) in [6, 6.07) is 11.9. The van der Waals surface area contributed by atoms with Crippen LogP contribution in [0.25, 0.3) is 11.0 Å². The predicted molar refractivity (Wildman–Crippen MR) is 154 cm³/mol. The largest absolute Gasteiger partial charge is 0.497 e. The van der Waals surface area contributed by atoms with E-state index >= 15 is 0 Å². The highest BCUT2D eigenvalue weighted by molar-refractivity contribution is 6.00. The van der Waals surface area contributed by atoms with Crippen LogP contribution in [0.5, 0.6) is 5.75 Å². The number of nitrogens with zero attached hydrogens (tertiary/aromatic N) is 5. The maximum absolute atomic E-state index is 13.8. The standard InChI is InChI=1S/C30H37N5O6/c1-30(2,3)24-18-32(29(39)40)15-16-33(24)21-7-6-8-22-26(21)31(4)28(38)35(22)23-13-14-25(36)34(27(23)37)17-19-9-11-20(41-5)12-10-19/h6-12,23-24H,13-18H2,1-5H3,(H,39,40). The number of piperazine rings is 1. The second kappa shape index (κ2) is 10.6. The molecule has 2 fully saturated rings. The van der Waals surface area contributed by atoms with Crippen LogP contribution in [0.15, 0.2) is 47.3 Å². The van der Waals surface area contributed by atoms with Gasteiger partial charge in [0, 0.05) is 33.1 Å². The van der Waals surface area contributed by atoms with Gasteiger partial charge in [0.05, 0.1) is 36.4 Å². The van der Waals surface area contributed by atoms with Gasteiger partial charge in [0.25, 0.3) is 5.91 Å². The smallest absolute Gasteiger partial charge is 0.407 e. The summed E-state index contributed by atoms with van der Waals surface area (Å²) >= 11 is 0. The van der Waals surface area contributed by atoms with Crippen molar-refractivity contribution in [1.29, 1.82) is 0 Å². The monoisotopic (exact) mass is 563 g/mol. The molecule has 218 valence electrons. The lowest BCUT2D eigenvalue weighted by Crippen LogP contribution is -2.59. The number of imidazole rings is 1. The SMILES string of the molecule is COc1ccc(CN2C(=O)CCC(n3c(=O)n(C)c4c(N5CCN(C(=O)O)CC5C(C)(C)C)cccc43)C2=O)cc1. The highest BCUT2D eigenvalue weighted by atomic mass is 16.5. The van der Waals surface area contributed by atoms with Gasteiger partial charge in [-0.15, -0.1) is 0 Å². The summed E-state index contributed by atoms with van der Waals surface area (Å²) in [5.41, 5.74) is 2.32. The first-order valence-corrected chi connectivity index (χ1v) is 13.8. The lowest BCUT2D eigenvalue weighted by molar-refractivity contribution is -0.151. The number of likely N-dealkylation sites (tertiary alicyclic amines) is 1. The highest BCUT2D eigenvalue weighted by Gasteiger charge is 2.40. The number of aryl methyl sites for hydroxylation is 1. The van der Waals surface area contributed by atoms with Crippen molar-refractivity contribution < 1.29 is 24.2 Å². The number of anilines is 1. The fraction of sp³-hybridized carbons (Fsp3) is 0.467. The Morgan fingerprint density at radius 2 is 1.76 bits per heavy atom. The van der Waals surface area contributed by atoms with Crippen molar-refractivity contribution in [1.82, 2.24) is 18.9 Å². The molecule has 0 bridgehead atoms. The minimum absolute atomic E-state index is 0.115. The number of carbonyl (C=O) groups is 3. The minimum atomic E-state index is -0.944. The normalized spacial score (nSPS) is 20.2. The number of hydrogen-bond donors (Lipinski definition) is 1. The van der Waals surface area contributed by atoms with Crippen molar-refractivity contribution >= 4 is 34.6 Å². The second-order valence-corrected chi connectivity index (χ2v) is 11.9. The van der Waals surface area contributed by atoms with Gasteiger partial charge in [-0.1, -0.05) is 39.0 Å². The molecule has 2 unspecified atom stereocenters. The Labute approximate surface area is 238 Å². The molecule has 3 aromatic rings. The van der Waals surface area contributed by atoms with E-state index < -0.39 is 18.0 Å². The van der Waals surface area contributed by atoms with E-state index in [-0.39, 0.29) is 42.4 Å². The molecule has 2 aliphatic heterocycles. The van der Waals surface area contributed by atoms with Gasteiger partial charge in [0.15, 0.2) is 0 Å². The van der Waals surface area contributed by atoms with Gasteiger partial charge >= 0.3 is 11.8 Å². The average molecular weight is 564 g/mol. The first kappa shape index (κ1) is 28.3. The maximum atomic E-state index is 13.8. The Kier molecular flexibility index (Phi) is 7.31. The van der Waals surface area contributed by atoms with Crippen LogP contribution >= 0.6 is 0 Å². The van der Waals surface area contributed by atoms with E-state index in [1.54, 1.807) is 30.9 Å². The van der Waals surface area contributed by atoms with Gasteiger partial charge < -0.3 is 19.6 Å². The summed E-state index contributed by atoms with van der Waals surface area (Å²) in [7, 11) is 3.27. The van der Waals surface area contributed by atoms with Crippen LogP contribution in [0.3, 0.4) is 0 Å². The average Bonchev–Trinajstić information content (AvgIpc) is 3.20. The summed E-state index contributed by atoms with van der Waals surface area (Å²) in [6.07, 6.45) is -0.555. The molecule has 3 amide bonds. The third-order valence-electron chi connectivity index (χ3n) is 8.34. The van der Waals surface area contributed by atoms with E-state index in [1.807, 2.05) is 30.3 Å². The molecule has 1 N–H and O–H groups in total. The minimum Gasteiger partial charge on any atom is -0.497 e. The first-order valence-electron chi connectivity index (χ1n) is 13.8. The van der Waals surface area contributed by atoms with E-state index in [2.05, 4.69) is 25.7 Å². The van der Waals surface area contributed by atoms with Gasteiger partial charge in [0.2, 0.25) is 5.91 Å². The van der Waals surface area contributed by atoms with Gasteiger partial charge in [-0.05, 0) is 41.7 Å². The molecule has 0 spiro atoms. The van der Waals surface area contributed by atoms with Crippen molar-refractivity contribution in [2.45, 2.75) is 52.2 Å². The number of benzene rings is 2. The summed E-state index contributed by atoms with van der Waals surface area (Å²) in [5, 5.41) is 9.65. The second-order valence-electron chi connectivity index (χ2n) is 11.9. The van der Waals surface area contributed by atoms with Crippen LogP contribution in [0.1, 0.15) is 45.2 Å². The molecule has 3 heterocycles. The molecular weight excluding hydrogens is 526 g/mol. The van der Waals surface area contributed by atoms with Crippen molar-refractivity contribution in [2.75, 3.05) is 31.6 Å². The molecule has 2 atom stereocenters. The van der Waals surface area contributed by atoms with Gasteiger partial charge in [-0.25, -0.2) is 9.59 Å². The Balaban J connectivity index is 1.53. The van der Waals surface area contributed by atoms with Crippen molar-refractivity contribution in [3.63, 3.8) is 0 Å². The molecule has 2 aliphatic rings. The first-order chi connectivity index (χ1) is 19.4. The molecule has 2 saturated heterocycles. The van der Waals surface area contributed by atoms with Crippen molar-refractivity contribution in [3.05, 3.63) is 58.5 Å². The number of carbonyl (C=O) groups excluding carboxylic acids is 2. The number of piperidine rings is 1. The molecule has 0 saturated carbocycles. The van der Waals surface area contributed by atoms with E-state index in [4.69, 9.17) is 4.74 Å². The fourth-order valence-corrected chi connectivity index (χ4v) is 6.08. The Morgan fingerprint density at radius 1 is 1.05 bits per heavy atom. The third kappa shape index (κ3) is 5.05. The number of ether oxygens (including phenoxy) is 1. The van der Waals surface area contributed by atoms with Gasteiger partial charge in [-0.2, -0.15) is 0 Å². The highest BCUT2D eigenvalue weighted by Crippen LogP contribution is 2.37. The number of methoxy groups -OCH3 is 1. The predicted octanol–water partition coefficient (Wildman–Crippen LogP) is 3.45. The zero-order valence-electron chi connectivity index (χ0n) is 24.2. The van der Waals surface area contributed by atoms with E-state index in [9.17, 15) is 24.3 Å². The summed E-state index contributed by atoms with van der Waals surface area (Å²) < 4.78 is 8.29. The van der Waals surface area contributed by atoms with Crippen LogP contribution in [0.2, 0.25) is 0 Å². The molecule has 11 heteroatoms. The summed E-state index contributed by atoms with van der Waals surface area (Å²) in [4.78, 5) is 57.0. The molecule has 1 aromatic heterocycles. The Bertz CT molecular complexity index is 1550. The molecule has 2 aromatic carbocycles. The fourth-order valence-electron chi connectivity index (χ4n) is 6.08. The summed E-state index contributed by atoms with van der Waals surface area (Å²) in [5.74, 6) is 0.0131. The number of aromatic nitrogens is 2. The van der Waals surface area contributed by atoms with Crippen LogP contribution in [-0.4, -0.2) is 74.7 Å². The van der Waals surface area contributed by atoms with Gasteiger partial charge in [-0.3, -0.25) is 23.6 Å². The molecule has 11 nitrogen and oxygen atoms in total. The third-order valence-corrected chi connectivity index (χ3v) is 8.34. The lowest BCUT2D eigenvalue weighted by atomic mass is 9.83. The molecule has 0 radical (unpaired) electrons. The van der Waals surface area contributed by atoms with E-state index in [1.165, 1.54) is 14.4 Å². The summed E-state index contributed by atoms with van der Waals surface area (Å²) in [6.45, 7) is 7.51. The molecule has 5 rings (SSSR count).